The van der Waals surface area contributed by atoms with E-state index in [0.29, 0.717) is 6.54 Å². The van der Waals surface area contributed by atoms with Gasteiger partial charge in [0, 0.05) is 16.6 Å². The molecule has 1 atom stereocenters. The van der Waals surface area contributed by atoms with Crippen LogP contribution in [-0.4, -0.2) is 28.3 Å². The van der Waals surface area contributed by atoms with Gasteiger partial charge in [0.15, 0.2) is 0 Å². The number of nitrogens with one attached hydrogen (secondary N) is 1. The third kappa shape index (κ3) is 7.00. The molecule has 1 unspecified atom stereocenters. The summed E-state index contributed by atoms with van der Waals surface area (Å²) in [4.78, 5) is 27.8. The molecule has 29 heavy (non-hydrogen) atoms. The van der Waals surface area contributed by atoms with Gasteiger partial charge in [-0.2, -0.15) is 0 Å². The summed E-state index contributed by atoms with van der Waals surface area (Å²) in [5, 5.41) is 2.99. The lowest BCUT2D eigenvalue weighted by molar-refractivity contribution is -0.140. The zero-order valence-corrected chi connectivity index (χ0v) is 19.8. The number of amides is 2. The molecule has 0 spiro atoms. The minimum atomic E-state index is -0.578. The Balaban J connectivity index is 2.30. The van der Waals surface area contributed by atoms with Gasteiger partial charge in [0.1, 0.15) is 6.04 Å². The summed E-state index contributed by atoms with van der Waals surface area (Å²) >= 11 is 3.48. The number of carbonyl (C=O) groups excluding carboxylic acids is 2. The second kappa shape index (κ2) is 9.57. The quantitative estimate of drug-likeness (QED) is 0.665. The number of rotatable bonds is 6. The lowest BCUT2D eigenvalue weighted by Gasteiger charge is -2.31. The Labute approximate surface area is 182 Å². The maximum atomic E-state index is 13.3. The fraction of sp³-hybridized carbons (Fsp3) is 0.417. The summed E-state index contributed by atoms with van der Waals surface area (Å²) in [6, 6.07) is 13.4. The molecule has 0 saturated heterocycles. The lowest BCUT2D eigenvalue weighted by Crippen LogP contribution is -2.52. The fourth-order valence-electron chi connectivity index (χ4n) is 3.14. The van der Waals surface area contributed by atoms with Crippen LogP contribution in [0, 0.1) is 13.8 Å². The average molecular weight is 459 g/mol. The molecule has 0 radical (unpaired) electrons. The largest absolute Gasteiger partial charge is 0.350 e. The number of halogens is 1. The first kappa shape index (κ1) is 23.1. The maximum absolute atomic E-state index is 13.3. The molecule has 0 aliphatic carbocycles. The maximum Gasteiger partial charge on any atom is 0.242 e. The van der Waals surface area contributed by atoms with E-state index in [1.165, 1.54) is 0 Å². The van der Waals surface area contributed by atoms with Crippen LogP contribution >= 0.6 is 15.9 Å². The van der Waals surface area contributed by atoms with Crippen LogP contribution in [0.2, 0.25) is 0 Å². The van der Waals surface area contributed by atoms with E-state index in [-0.39, 0.29) is 23.8 Å². The minimum Gasteiger partial charge on any atom is -0.350 e. The number of hydrogen-bond acceptors (Lipinski definition) is 2. The van der Waals surface area contributed by atoms with E-state index in [2.05, 4.69) is 21.2 Å². The standard InChI is InChI=1S/C24H31BrN2O2/c1-16-10-11-17(2)20(12-16)14-22(28)27(15-19-8-7-9-21(25)13-19)18(3)23(29)26-24(4,5)6/h7-13,18H,14-15H2,1-6H3,(H,26,29). The van der Waals surface area contributed by atoms with Crippen LogP contribution in [-0.2, 0) is 22.6 Å². The predicted octanol–water partition coefficient (Wildman–Crippen LogP) is 4.94. The van der Waals surface area contributed by atoms with Gasteiger partial charge in [-0.25, -0.2) is 0 Å². The molecule has 0 saturated carbocycles. The highest BCUT2D eigenvalue weighted by molar-refractivity contribution is 9.10. The number of aryl methyl sites for hydroxylation is 2. The third-order valence-electron chi connectivity index (χ3n) is 4.75. The first-order chi connectivity index (χ1) is 13.5. The van der Waals surface area contributed by atoms with Crippen LogP contribution in [0.15, 0.2) is 46.9 Å². The highest BCUT2D eigenvalue weighted by Crippen LogP contribution is 2.18. The molecule has 2 aromatic rings. The van der Waals surface area contributed by atoms with Gasteiger partial charge in [0.2, 0.25) is 11.8 Å². The van der Waals surface area contributed by atoms with Crippen LogP contribution in [0.5, 0.6) is 0 Å². The zero-order chi connectivity index (χ0) is 21.8. The molecule has 0 bridgehead atoms. The predicted molar refractivity (Wildman–Crippen MR) is 122 cm³/mol. The molecule has 0 aromatic heterocycles. The zero-order valence-electron chi connectivity index (χ0n) is 18.2. The summed E-state index contributed by atoms with van der Waals surface area (Å²) in [5.74, 6) is -0.211. The molecule has 5 heteroatoms. The SMILES string of the molecule is Cc1ccc(C)c(CC(=O)N(Cc2cccc(Br)c2)C(C)C(=O)NC(C)(C)C)c1. The van der Waals surface area contributed by atoms with E-state index in [4.69, 9.17) is 0 Å². The van der Waals surface area contributed by atoms with E-state index in [1.54, 1.807) is 11.8 Å². The molecule has 2 amide bonds. The first-order valence-corrected chi connectivity index (χ1v) is 10.7. The van der Waals surface area contributed by atoms with Crippen molar-refractivity contribution < 1.29 is 9.59 Å². The van der Waals surface area contributed by atoms with E-state index in [1.807, 2.05) is 77.1 Å². The number of carbonyl (C=O) groups is 2. The second-order valence-electron chi connectivity index (χ2n) is 8.67. The van der Waals surface area contributed by atoms with Crippen LogP contribution in [0.1, 0.15) is 49.9 Å². The van der Waals surface area contributed by atoms with Crippen molar-refractivity contribution in [3.8, 4) is 0 Å². The van der Waals surface area contributed by atoms with Crippen molar-refractivity contribution in [2.45, 2.75) is 66.1 Å². The summed E-state index contributed by atoms with van der Waals surface area (Å²) in [7, 11) is 0. The highest BCUT2D eigenvalue weighted by Gasteiger charge is 2.28. The summed E-state index contributed by atoms with van der Waals surface area (Å²) in [6.45, 7) is 12.0. The van der Waals surface area contributed by atoms with Crippen molar-refractivity contribution in [1.29, 1.82) is 0 Å². The van der Waals surface area contributed by atoms with Crippen LogP contribution in [0.4, 0.5) is 0 Å². The Morgan fingerprint density at radius 1 is 1.10 bits per heavy atom. The Kier molecular flexibility index (Phi) is 7.64. The third-order valence-corrected chi connectivity index (χ3v) is 5.25. The topological polar surface area (TPSA) is 49.4 Å². The van der Waals surface area contributed by atoms with Gasteiger partial charge >= 0.3 is 0 Å². The van der Waals surface area contributed by atoms with Crippen molar-refractivity contribution in [1.82, 2.24) is 10.2 Å². The fourth-order valence-corrected chi connectivity index (χ4v) is 3.59. The summed E-state index contributed by atoms with van der Waals surface area (Å²) in [6.07, 6.45) is 0.272. The van der Waals surface area contributed by atoms with E-state index < -0.39 is 6.04 Å². The Hall–Kier alpha value is -2.14. The molecule has 2 aromatic carbocycles. The number of nitrogens with zero attached hydrogens (tertiary/aromatic N) is 1. The van der Waals surface area contributed by atoms with E-state index in [9.17, 15) is 9.59 Å². The molecule has 0 aliphatic rings. The van der Waals surface area contributed by atoms with Gasteiger partial charge in [-0.3, -0.25) is 9.59 Å². The average Bonchev–Trinajstić information content (AvgIpc) is 2.60. The molecular weight excluding hydrogens is 428 g/mol. The molecule has 2 rings (SSSR count). The van der Waals surface area contributed by atoms with Gasteiger partial charge in [-0.15, -0.1) is 0 Å². The Bertz CT molecular complexity index is 887. The van der Waals surface area contributed by atoms with Gasteiger partial charge in [-0.1, -0.05) is 51.8 Å². The molecule has 0 aliphatic heterocycles. The minimum absolute atomic E-state index is 0.0600. The summed E-state index contributed by atoms with van der Waals surface area (Å²) < 4.78 is 0.948. The van der Waals surface area contributed by atoms with Crippen LogP contribution < -0.4 is 5.32 Å². The number of benzene rings is 2. The van der Waals surface area contributed by atoms with Crippen LogP contribution in [0.25, 0.3) is 0 Å². The highest BCUT2D eigenvalue weighted by atomic mass is 79.9. The van der Waals surface area contributed by atoms with E-state index in [0.717, 1.165) is 26.7 Å². The van der Waals surface area contributed by atoms with Crippen molar-refractivity contribution >= 4 is 27.7 Å². The number of hydrogen-bond donors (Lipinski definition) is 1. The molecule has 0 heterocycles. The van der Waals surface area contributed by atoms with Crippen molar-refractivity contribution in [3.63, 3.8) is 0 Å². The van der Waals surface area contributed by atoms with Crippen molar-refractivity contribution in [2.24, 2.45) is 0 Å². The normalized spacial score (nSPS) is 12.4. The van der Waals surface area contributed by atoms with Crippen molar-refractivity contribution in [3.05, 3.63) is 69.2 Å². The Morgan fingerprint density at radius 2 is 1.79 bits per heavy atom. The Morgan fingerprint density at radius 3 is 2.41 bits per heavy atom. The van der Waals surface area contributed by atoms with Crippen molar-refractivity contribution in [2.75, 3.05) is 0 Å². The van der Waals surface area contributed by atoms with Gasteiger partial charge < -0.3 is 10.2 Å². The molecular formula is C24H31BrN2O2. The first-order valence-electron chi connectivity index (χ1n) is 9.88. The smallest absolute Gasteiger partial charge is 0.242 e. The van der Waals surface area contributed by atoms with Gasteiger partial charge in [-0.05, 0) is 70.4 Å². The van der Waals surface area contributed by atoms with E-state index >= 15 is 0 Å². The van der Waals surface area contributed by atoms with Crippen LogP contribution in [0.3, 0.4) is 0 Å². The van der Waals surface area contributed by atoms with Gasteiger partial charge in [0.05, 0.1) is 6.42 Å². The monoisotopic (exact) mass is 458 g/mol. The molecule has 4 nitrogen and oxygen atoms in total. The summed E-state index contributed by atoms with van der Waals surface area (Å²) in [5.41, 5.74) is 3.82. The molecule has 156 valence electrons. The molecule has 1 N–H and O–H groups in total. The second-order valence-corrected chi connectivity index (χ2v) is 9.59. The molecule has 0 fully saturated rings. The van der Waals surface area contributed by atoms with Gasteiger partial charge in [0.25, 0.3) is 0 Å². The lowest BCUT2D eigenvalue weighted by atomic mass is 10.0.